The Labute approximate surface area is 219 Å². The molecule has 2 amide bonds. The maximum atomic E-state index is 14.4. The third kappa shape index (κ3) is 9.03. The minimum absolute atomic E-state index is 0.0325. The van der Waals surface area contributed by atoms with Gasteiger partial charge in [0.1, 0.15) is 17.6 Å². The zero-order valence-electron chi connectivity index (χ0n) is 22.5. The molecule has 2 rings (SSSR count). The van der Waals surface area contributed by atoms with Crippen LogP contribution in [0, 0.1) is 5.82 Å². The fourth-order valence-electron chi connectivity index (χ4n) is 3.79. The molecule has 37 heavy (non-hydrogen) atoms. The topological polar surface area (TPSA) is 96.0 Å². The first-order chi connectivity index (χ1) is 17.2. The van der Waals surface area contributed by atoms with Crippen LogP contribution in [0.15, 0.2) is 48.5 Å². The largest absolute Gasteiger partial charge is 0.492 e. The van der Waals surface area contributed by atoms with Gasteiger partial charge >= 0.3 is 0 Å². The first-order valence-corrected chi connectivity index (χ1v) is 14.1. The highest BCUT2D eigenvalue weighted by Gasteiger charge is 2.29. The number of para-hydroxylation sites is 2. The Balaban J connectivity index is 2.24. The van der Waals surface area contributed by atoms with Crippen molar-refractivity contribution in [3.05, 3.63) is 59.9 Å². The van der Waals surface area contributed by atoms with E-state index in [1.807, 2.05) is 20.8 Å². The Bertz CT molecular complexity index is 1180. The SMILES string of the molecule is CCOc1ccccc1N(CCCC(=O)N(Cc1ccccc1F)[C@H](C)C(=O)NC(C)(C)C)S(C)(=O)=O. The van der Waals surface area contributed by atoms with E-state index in [0.29, 0.717) is 18.0 Å². The summed E-state index contributed by atoms with van der Waals surface area (Å²) >= 11 is 0. The summed E-state index contributed by atoms with van der Waals surface area (Å²) in [5.41, 5.74) is 0.164. The number of rotatable bonds is 12. The summed E-state index contributed by atoms with van der Waals surface area (Å²) in [6.45, 7) is 9.22. The van der Waals surface area contributed by atoms with E-state index in [2.05, 4.69) is 5.32 Å². The van der Waals surface area contributed by atoms with Crippen molar-refractivity contribution < 1.29 is 27.1 Å². The number of hydrogen-bond acceptors (Lipinski definition) is 5. The van der Waals surface area contributed by atoms with Crippen LogP contribution in [0.2, 0.25) is 0 Å². The molecule has 0 aliphatic heterocycles. The predicted octanol–water partition coefficient (Wildman–Crippen LogP) is 4.10. The Kier molecular flexibility index (Phi) is 10.5. The summed E-state index contributed by atoms with van der Waals surface area (Å²) in [7, 11) is -3.67. The van der Waals surface area contributed by atoms with E-state index in [4.69, 9.17) is 4.74 Å². The van der Waals surface area contributed by atoms with Gasteiger partial charge in [-0.15, -0.1) is 0 Å². The number of nitrogens with zero attached hydrogens (tertiary/aromatic N) is 2. The van der Waals surface area contributed by atoms with Crippen molar-refractivity contribution in [3.8, 4) is 5.75 Å². The number of halogens is 1. The second kappa shape index (κ2) is 12.9. The van der Waals surface area contributed by atoms with Crippen LogP contribution in [0.25, 0.3) is 0 Å². The molecule has 0 aliphatic rings. The maximum absolute atomic E-state index is 14.4. The van der Waals surface area contributed by atoms with Crippen molar-refractivity contribution in [2.24, 2.45) is 0 Å². The predicted molar refractivity (Wildman–Crippen MR) is 143 cm³/mol. The lowest BCUT2D eigenvalue weighted by Gasteiger charge is -2.32. The van der Waals surface area contributed by atoms with E-state index in [1.54, 1.807) is 56.3 Å². The average molecular weight is 536 g/mol. The molecule has 0 fully saturated rings. The lowest BCUT2D eigenvalue weighted by molar-refractivity contribution is -0.141. The van der Waals surface area contributed by atoms with Gasteiger partial charge in [-0.3, -0.25) is 13.9 Å². The van der Waals surface area contributed by atoms with Crippen molar-refractivity contribution in [1.82, 2.24) is 10.2 Å². The van der Waals surface area contributed by atoms with E-state index < -0.39 is 27.4 Å². The second-order valence-corrected chi connectivity index (χ2v) is 11.8. The molecule has 0 saturated carbocycles. The normalized spacial score (nSPS) is 12.5. The van der Waals surface area contributed by atoms with Gasteiger partial charge in [0, 0.05) is 30.6 Å². The van der Waals surface area contributed by atoms with Gasteiger partial charge in [-0.05, 0) is 59.2 Å². The van der Waals surface area contributed by atoms with Gasteiger partial charge in [-0.2, -0.15) is 0 Å². The number of sulfonamides is 1. The fraction of sp³-hybridized carbons (Fsp3) is 0.481. The molecule has 0 aliphatic carbocycles. The summed E-state index contributed by atoms with van der Waals surface area (Å²) in [6.07, 6.45) is 1.25. The second-order valence-electron chi connectivity index (χ2n) is 9.87. The van der Waals surface area contributed by atoms with Crippen LogP contribution >= 0.6 is 0 Å². The third-order valence-electron chi connectivity index (χ3n) is 5.55. The molecule has 0 radical (unpaired) electrons. The van der Waals surface area contributed by atoms with Crippen LogP contribution in [0.1, 0.15) is 53.0 Å². The van der Waals surface area contributed by atoms with Gasteiger partial charge in [0.2, 0.25) is 21.8 Å². The number of anilines is 1. The molecular weight excluding hydrogens is 497 g/mol. The molecule has 0 unspecified atom stereocenters. The molecule has 0 saturated heterocycles. The highest BCUT2D eigenvalue weighted by molar-refractivity contribution is 7.92. The number of carbonyl (C=O) groups excluding carboxylic acids is 2. The number of carbonyl (C=O) groups is 2. The van der Waals surface area contributed by atoms with Crippen LogP contribution in [0.4, 0.5) is 10.1 Å². The van der Waals surface area contributed by atoms with Crippen molar-refractivity contribution in [3.63, 3.8) is 0 Å². The molecule has 10 heteroatoms. The highest BCUT2D eigenvalue weighted by atomic mass is 32.2. The third-order valence-corrected chi connectivity index (χ3v) is 6.73. The van der Waals surface area contributed by atoms with Crippen LogP contribution in [-0.2, 0) is 26.2 Å². The molecule has 2 aromatic carbocycles. The van der Waals surface area contributed by atoms with Crippen LogP contribution in [0.3, 0.4) is 0 Å². The summed E-state index contributed by atoms with van der Waals surface area (Å²) < 4.78 is 46.4. The molecule has 0 aromatic heterocycles. The molecule has 0 spiro atoms. The van der Waals surface area contributed by atoms with Crippen molar-refractivity contribution in [2.45, 2.75) is 65.6 Å². The van der Waals surface area contributed by atoms with E-state index in [-0.39, 0.29) is 43.3 Å². The Morgan fingerprint density at radius 1 is 1.08 bits per heavy atom. The van der Waals surface area contributed by atoms with E-state index in [9.17, 15) is 22.4 Å². The summed E-state index contributed by atoms with van der Waals surface area (Å²) in [6, 6.07) is 12.0. The summed E-state index contributed by atoms with van der Waals surface area (Å²) in [5, 5.41) is 2.86. The standard InChI is InChI=1S/C27H38FN3O5S/c1-7-36-24-16-11-10-15-23(24)31(37(6,34)35)18-12-17-25(32)30(19-21-13-8-9-14-22(21)28)20(2)26(33)29-27(3,4)5/h8-11,13-16,20H,7,12,17-19H2,1-6H3,(H,29,33)/t20-/m1/s1. The maximum Gasteiger partial charge on any atom is 0.242 e. The monoisotopic (exact) mass is 535 g/mol. The average Bonchev–Trinajstić information content (AvgIpc) is 2.79. The molecule has 1 atom stereocenters. The first-order valence-electron chi connectivity index (χ1n) is 12.3. The highest BCUT2D eigenvalue weighted by Crippen LogP contribution is 2.30. The minimum atomic E-state index is -3.67. The van der Waals surface area contributed by atoms with Gasteiger partial charge in [0.15, 0.2) is 0 Å². The van der Waals surface area contributed by atoms with Crippen molar-refractivity contribution in [1.29, 1.82) is 0 Å². The van der Waals surface area contributed by atoms with Crippen LogP contribution in [-0.4, -0.2) is 56.1 Å². The molecule has 8 nitrogen and oxygen atoms in total. The Morgan fingerprint density at radius 3 is 2.30 bits per heavy atom. The van der Waals surface area contributed by atoms with Gasteiger partial charge < -0.3 is 15.0 Å². The van der Waals surface area contributed by atoms with Gasteiger partial charge in [0.05, 0.1) is 18.6 Å². The fourth-order valence-corrected chi connectivity index (χ4v) is 4.76. The Hall–Kier alpha value is -3.14. The number of benzene rings is 2. The van der Waals surface area contributed by atoms with Crippen molar-refractivity contribution >= 4 is 27.5 Å². The van der Waals surface area contributed by atoms with Crippen LogP contribution < -0.4 is 14.4 Å². The first kappa shape index (κ1) is 30.1. The number of hydrogen-bond donors (Lipinski definition) is 1. The Morgan fingerprint density at radius 2 is 1.70 bits per heavy atom. The van der Waals surface area contributed by atoms with Crippen molar-refractivity contribution in [2.75, 3.05) is 23.7 Å². The van der Waals surface area contributed by atoms with E-state index in [1.165, 1.54) is 15.3 Å². The molecular formula is C27H38FN3O5S. The lowest BCUT2D eigenvalue weighted by atomic mass is 10.1. The molecule has 0 bridgehead atoms. The molecule has 1 N–H and O–H groups in total. The van der Waals surface area contributed by atoms with Crippen LogP contribution in [0.5, 0.6) is 5.75 Å². The smallest absolute Gasteiger partial charge is 0.242 e. The number of ether oxygens (including phenoxy) is 1. The summed E-state index contributed by atoms with van der Waals surface area (Å²) in [5.74, 6) is -0.790. The zero-order valence-corrected chi connectivity index (χ0v) is 23.3. The number of amides is 2. The zero-order chi connectivity index (χ0) is 27.8. The molecule has 0 heterocycles. The molecule has 204 valence electrons. The van der Waals surface area contributed by atoms with E-state index in [0.717, 1.165) is 6.26 Å². The van der Waals surface area contributed by atoms with Gasteiger partial charge in [0.25, 0.3) is 0 Å². The lowest BCUT2D eigenvalue weighted by Crippen LogP contribution is -2.52. The minimum Gasteiger partial charge on any atom is -0.492 e. The molecule has 2 aromatic rings. The van der Waals surface area contributed by atoms with Gasteiger partial charge in [-0.1, -0.05) is 30.3 Å². The number of nitrogens with one attached hydrogen (secondary N) is 1. The quantitative estimate of drug-likeness (QED) is 0.442. The van der Waals surface area contributed by atoms with Gasteiger partial charge in [-0.25, -0.2) is 12.8 Å². The van der Waals surface area contributed by atoms with E-state index >= 15 is 0 Å². The summed E-state index contributed by atoms with van der Waals surface area (Å²) in [4.78, 5) is 27.5.